The first kappa shape index (κ1) is 17.7. The van der Waals surface area contributed by atoms with E-state index < -0.39 is 0 Å². The quantitative estimate of drug-likeness (QED) is 0.534. The van der Waals surface area contributed by atoms with Crippen molar-refractivity contribution in [3.63, 3.8) is 0 Å². The molecule has 128 valence electrons. The molecular weight excluding hydrogens is 353 g/mol. The maximum absolute atomic E-state index is 6.36. The molecule has 4 heteroatoms. The minimum atomic E-state index is 0.497. The average Bonchev–Trinajstić information content (AvgIpc) is 2.62. The van der Waals surface area contributed by atoms with Gasteiger partial charge in [-0.3, -0.25) is 0 Å². The maximum atomic E-state index is 6.36. The number of halogens is 2. The van der Waals surface area contributed by atoms with Crippen LogP contribution in [-0.2, 0) is 13.2 Å². The van der Waals surface area contributed by atoms with Crippen LogP contribution in [0.25, 0.3) is 0 Å². The molecule has 0 saturated carbocycles. The van der Waals surface area contributed by atoms with E-state index in [1.165, 1.54) is 5.56 Å². The molecule has 0 spiro atoms. The normalized spacial score (nSPS) is 10.5. The van der Waals surface area contributed by atoms with Crippen molar-refractivity contribution >= 4 is 28.9 Å². The molecule has 3 aromatic rings. The Labute approximate surface area is 158 Å². The van der Waals surface area contributed by atoms with Crippen molar-refractivity contribution in [3.8, 4) is 5.75 Å². The summed E-state index contributed by atoms with van der Waals surface area (Å²) >= 11 is 12.5. The van der Waals surface area contributed by atoms with Crippen molar-refractivity contribution in [3.05, 3.63) is 93.5 Å². The van der Waals surface area contributed by atoms with Crippen molar-refractivity contribution in [1.29, 1.82) is 0 Å². The van der Waals surface area contributed by atoms with E-state index >= 15 is 0 Å². The van der Waals surface area contributed by atoms with Crippen LogP contribution >= 0.6 is 23.2 Å². The molecule has 0 saturated heterocycles. The minimum absolute atomic E-state index is 0.497. The largest absolute Gasteiger partial charge is 0.487 e. The fraction of sp³-hybridized carbons (Fsp3) is 0.143. The lowest BCUT2D eigenvalue weighted by molar-refractivity contribution is 0.306. The van der Waals surface area contributed by atoms with Gasteiger partial charge in [-0.25, -0.2) is 0 Å². The zero-order valence-electron chi connectivity index (χ0n) is 13.9. The fourth-order valence-corrected chi connectivity index (χ4v) is 2.88. The number of hydrogen-bond donors (Lipinski definition) is 1. The Kier molecular flexibility index (Phi) is 5.85. The smallest absolute Gasteiger partial charge is 0.138 e. The molecule has 0 amide bonds. The Bertz CT molecular complexity index is 847. The second-order valence-electron chi connectivity index (χ2n) is 5.87. The lowest BCUT2D eigenvalue weighted by atomic mass is 10.2. The molecule has 0 atom stereocenters. The molecule has 0 fully saturated rings. The summed E-state index contributed by atoms with van der Waals surface area (Å²) in [5.74, 6) is 0.684. The molecule has 1 N–H and O–H groups in total. The predicted octanol–water partition coefficient (Wildman–Crippen LogP) is 6.49. The first-order valence-corrected chi connectivity index (χ1v) is 8.82. The summed E-state index contributed by atoms with van der Waals surface area (Å²) in [5, 5.41) is 4.61. The van der Waals surface area contributed by atoms with Gasteiger partial charge in [-0.1, -0.05) is 71.2 Å². The second-order valence-corrected chi connectivity index (χ2v) is 6.69. The Morgan fingerprint density at radius 3 is 2.28 bits per heavy atom. The number of rotatable bonds is 6. The lowest BCUT2D eigenvalue weighted by Gasteiger charge is -2.11. The third-order valence-corrected chi connectivity index (χ3v) is 4.49. The molecule has 0 radical (unpaired) electrons. The SMILES string of the molecule is Cc1ccc(COc2ccc(CNc3ccccc3Cl)cc2Cl)cc1. The Morgan fingerprint density at radius 1 is 0.840 bits per heavy atom. The number of para-hydroxylation sites is 1. The molecule has 0 aliphatic rings. The first-order chi connectivity index (χ1) is 12.1. The summed E-state index contributed by atoms with van der Waals surface area (Å²) in [6.07, 6.45) is 0. The van der Waals surface area contributed by atoms with E-state index in [1.54, 1.807) is 0 Å². The van der Waals surface area contributed by atoms with E-state index in [2.05, 4.69) is 36.5 Å². The molecule has 0 aromatic heterocycles. The Balaban J connectivity index is 1.60. The lowest BCUT2D eigenvalue weighted by Crippen LogP contribution is -2.01. The highest BCUT2D eigenvalue weighted by Gasteiger charge is 2.05. The zero-order valence-corrected chi connectivity index (χ0v) is 15.4. The zero-order chi connectivity index (χ0) is 17.6. The third-order valence-electron chi connectivity index (χ3n) is 3.87. The first-order valence-electron chi connectivity index (χ1n) is 8.07. The van der Waals surface area contributed by atoms with E-state index in [4.69, 9.17) is 27.9 Å². The van der Waals surface area contributed by atoms with Crippen molar-refractivity contribution in [2.45, 2.75) is 20.1 Å². The van der Waals surface area contributed by atoms with Gasteiger partial charge in [0.05, 0.1) is 15.7 Å². The molecule has 0 unspecified atom stereocenters. The standard InChI is InChI=1S/C21H19Cl2NO/c1-15-6-8-16(9-7-15)14-25-21-11-10-17(12-19(21)23)13-24-20-5-3-2-4-18(20)22/h2-12,24H,13-14H2,1H3. The highest BCUT2D eigenvalue weighted by atomic mass is 35.5. The molecule has 3 aromatic carbocycles. The number of hydrogen-bond acceptors (Lipinski definition) is 2. The summed E-state index contributed by atoms with van der Waals surface area (Å²) in [7, 11) is 0. The Morgan fingerprint density at radius 2 is 1.56 bits per heavy atom. The monoisotopic (exact) mass is 371 g/mol. The van der Waals surface area contributed by atoms with Crippen LogP contribution in [0.15, 0.2) is 66.7 Å². The topological polar surface area (TPSA) is 21.3 Å². The molecular formula is C21H19Cl2NO. The number of nitrogens with one attached hydrogen (secondary N) is 1. The summed E-state index contributed by atoms with van der Waals surface area (Å²) in [6, 6.07) is 21.7. The minimum Gasteiger partial charge on any atom is -0.487 e. The van der Waals surface area contributed by atoms with Gasteiger partial charge < -0.3 is 10.1 Å². The summed E-state index contributed by atoms with van der Waals surface area (Å²) in [5.41, 5.74) is 4.32. The van der Waals surface area contributed by atoms with Crippen LogP contribution in [-0.4, -0.2) is 0 Å². The molecule has 0 bridgehead atoms. The molecule has 0 aliphatic heterocycles. The van der Waals surface area contributed by atoms with Crippen LogP contribution in [0.5, 0.6) is 5.75 Å². The second kappa shape index (κ2) is 8.28. The van der Waals surface area contributed by atoms with Gasteiger partial charge in [0.25, 0.3) is 0 Å². The van der Waals surface area contributed by atoms with Gasteiger partial charge in [-0.05, 0) is 42.3 Å². The Hall–Kier alpha value is -2.16. The highest BCUT2D eigenvalue weighted by Crippen LogP contribution is 2.27. The molecule has 0 heterocycles. The van der Waals surface area contributed by atoms with Gasteiger partial charge in [0.1, 0.15) is 12.4 Å². The van der Waals surface area contributed by atoms with Crippen molar-refractivity contribution < 1.29 is 4.74 Å². The average molecular weight is 372 g/mol. The number of anilines is 1. The third kappa shape index (κ3) is 4.91. The van der Waals surface area contributed by atoms with Gasteiger partial charge in [-0.2, -0.15) is 0 Å². The highest BCUT2D eigenvalue weighted by molar-refractivity contribution is 6.33. The number of benzene rings is 3. The van der Waals surface area contributed by atoms with Gasteiger partial charge >= 0.3 is 0 Å². The van der Waals surface area contributed by atoms with E-state index in [0.717, 1.165) is 16.8 Å². The van der Waals surface area contributed by atoms with Crippen LogP contribution < -0.4 is 10.1 Å². The molecule has 0 aliphatic carbocycles. The van der Waals surface area contributed by atoms with E-state index in [0.29, 0.717) is 28.9 Å². The maximum Gasteiger partial charge on any atom is 0.138 e. The van der Waals surface area contributed by atoms with E-state index in [9.17, 15) is 0 Å². The summed E-state index contributed by atoms with van der Waals surface area (Å²) in [4.78, 5) is 0. The van der Waals surface area contributed by atoms with Crippen LogP contribution in [0.3, 0.4) is 0 Å². The molecule has 25 heavy (non-hydrogen) atoms. The van der Waals surface area contributed by atoms with Crippen molar-refractivity contribution in [2.75, 3.05) is 5.32 Å². The molecule has 2 nitrogen and oxygen atoms in total. The fourth-order valence-electron chi connectivity index (χ4n) is 2.42. The summed E-state index contributed by atoms with van der Waals surface area (Å²) < 4.78 is 5.83. The van der Waals surface area contributed by atoms with Crippen LogP contribution in [0.4, 0.5) is 5.69 Å². The van der Waals surface area contributed by atoms with Crippen LogP contribution in [0, 0.1) is 6.92 Å². The van der Waals surface area contributed by atoms with Crippen LogP contribution in [0.1, 0.15) is 16.7 Å². The van der Waals surface area contributed by atoms with Gasteiger partial charge in [0, 0.05) is 6.54 Å². The number of ether oxygens (including phenoxy) is 1. The van der Waals surface area contributed by atoms with E-state index in [-0.39, 0.29) is 0 Å². The van der Waals surface area contributed by atoms with Crippen molar-refractivity contribution in [2.24, 2.45) is 0 Å². The van der Waals surface area contributed by atoms with Gasteiger partial charge in [0.15, 0.2) is 0 Å². The van der Waals surface area contributed by atoms with Crippen LogP contribution in [0.2, 0.25) is 10.0 Å². The van der Waals surface area contributed by atoms with Crippen molar-refractivity contribution in [1.82, 2.24) is 0 Å². The van der Waals surface area contributed by atoms with Gasteiger partial charge in [-0.15, -0.1) is 0 Å². The van der Waals surface area contributed by atoms with E-state index in [1.807, 2.05) is 42.5 Å². The predicted molar refractivity (Wildman–Crippen MR) is 106 cm³/mol. The summed E-state index contributed by atoms with van der Waals surface area (Å²) in [6.45, 7) is 3.20. The number of aryl methyl sites for hydroxylation is 1. The molecule has 3 rings (SSSR count). The van der Waals surface area contributed by atoms with Gasteiger partial charge in [0.2, 0.25) is 0 Å².